The highest BCUT2D eigenvalue weighted by molar-refractivity contribution is 7.23. The van der Waals surface area contributed by atoms with Crippen LogP contribution in [0.25, 0.3) is 21.1 Å². The minimum Gasteiger partial charge on any atom is -0.303 e. The first-order valence-electron chi connectivity index (χ1n) is 28.0. The van der Waals surface area contributed by atoms with E-state index in [-0.39, 0.29) is 23.9 Å². The Balaban J connectivity index is 1.61. The van der Waals surface area contributed by atoms with Gasteiger partial charge in [0.15, 0.2) is 0 Å². The Hall–Kier alpha value is -3.50. The second-order valence-corrected chi connectivity index (χ2v) is 23.9. The Kier molecular flexibility index (Phi) is 25.4. The summed E-state index contributed by atoms with van der Waals surface area (Å²) in [6, 6.07) is 13.1. The summed E-state index contributed by atoms with van der Waals surface area (Å²) in [5.74, 6) is -0.0199. The molecule has 3 aromatic heterocycles. The van der Waals surface area contributed by atoms with Gasteiger partial charge in [-0.15, -0.1) is 34.0 Å². The summed E-state index contributed by atoms with van der Waals surface area (Å²) in [5.41, 5.74) is 3.66. The Morgan fingerprint density at radius 1 is 0.435 bits per heavy atom. The van der Waals surface area contributed by atoms with Crippen molar-refractivity contribution in [1.82, 2.24) is 9.80 Å². The molecule has 3 aromatic rings. The van der Waals surface area contributed by atoms with E-state index in [0.29, 0.717) is 22.3 Å². The molecule has 69 heavy (non-hydrogen) atoms. The molecule has 2 unspecified atom stereocenters. The van der Waals surface area contributed by atoms with Crippen LogP contribution in [0.15, 0.2) is 35.4 Å². The van der Waals surface area contributed by atoms with Crippen LogP contribution in [0.5, 0.6) is 0 Å². The molecule has 0 aromatic carbocycles. The number of amides is 2. The van der Waals surface area contributed by atoms with Crippen LogP contribution >= 0.6 is 34.0 Å². The summed E-state index contributed by atoms with van der Waals surface area (Å²) >= 11 is 4.76. The van der Waals surface area contributed by atoms with Crippen molar-refractivity contribution in [3.63, 3.8) is 0 Å². The fourth-order valence-corrected chi connectivity index (χ4v) is 13.9. The molecule has 9 heteroatoms. The van der Waals surface area contributed by atoms with Gasteiger partial charge in [0.1, 0.15) is 12.1 Å². The van der Waals surface area contributed by atoms with Crippen LogP contribution in [0.4, 0.5) is 0 Å². The number of unbranched alkanes of at least 4 members (excludes halogenated alkanes) is 24. The molecule has 2 aliphatic rings. The van der Waals surface area contributed by atoms with Crippen LogP contribution in [0.2, 0.25) is 0 Å². The quantitative estimate of drug-likeness (QED) is 0.0538. The fourth-order valence-electron chi connectivity index (χ4n) is 10.8. The second-order valence-electron chi connectivity index (χ2n) is 20.3. The number of carbonyl (C=O) groups is 2. The molecule has 5 rings (SSSR count). The number of rotatable bonds is 37. The topological polar surface area (TPSA) is 88.2 Å². The van der Waals surface area contributed by atoms with Crippen molar-refractivity contribution in [3.8, 4) is 21.9 Å². The predicted octanol–water partition coefficient (Wildman–Crippen LogP) is 19.0. The second kappa shape index (κ2) is 31.1. The van der Waals surface area contributed by atoms with Gasteiger partial charge in [-0.25, -0.2) is 0 Å². The third kappa shape index (κ3) is 15.7. The minimum absolute atomic E-state index is 0.00996. The summed E-state index contributed by atoms with van der Waals surface area (Å²) in [6.45, 7) is 13.1. The molecule has 6 nitrogen and oxygen atoms in total. The maximum atomic E-state index is 15.9. The van der Waals surface area contributed by atoms with Gasteiger partial charge in [-0.2, -0.15) is 10.5 Å². The number of thiophene rings is 3. The Bertz CT molecular complexity index is 2190. The first-order valence-corrected chi connectivity index (χ1v) is 30.5. The third-order valence-electron chi connectivity index (χ3n) is 14.7. The number of nitriles is 2. The molecular formula is C60H88N4O2S3. The SMILES string of the molecule is CCCCCCCCCCC(CCCCCCCC)N1C(=O)C2=C(c3ccc(-c4sc(C)c(C#N)c4C#N)s3)N(C(CCCCCCCC)CCCCCCCCCC)C(=O)C2=C1c1ccc(C)s1. The molecule has 5 heterocycles. The fraction of sp³-hybridized carbons (Fsp3) is 0.667. The zero-order chi connectivity index (χ0) is 49.4. The van der Waals surface area contributed by atoms with Gasteiger partial charge < -0.3 is 9.80 Å². The Morgan fingerprint density at radius 3 is 1.12 bits per heavy atom. The van der Waals surface area contributed by atoms with E-state index in [0.717, 1.165) is 106 Å². The average Bonchev–Trinajstić information content (AvgIpc) is 4.18. The van der Waals surface area contributed by atoms with E-state index in [1.165, 1.54) is 151 Å². The van der Waals surface area contributed by atoms with Crippen molar-refractivity contribution in [2.24, 2.45) is 0 Å². The van der Waals surface area contributed by atoms with Crippen molar-refractivity contribution in [2.45, 2.75) is 259 Å². The minimum atomic E-state index is -0.0254. The van der Waals surface area contributed by atoms with Gasteiger partial charge >= 0.3 is 0 Å². The van der Waals surface area contributed by atoms with Gasteiger partial charge in [0.2, 0.25) is 0 Å². The van der Waals surface area contributed by atoms with E-state index in [9.17, 15) is 10.5 Å². The van der Waals surface area contributed by atoms with Crippen LogP contribution in [-0.2, 0) is 9.59 Å². The van der Waals surface area contributed by atoms with Crippen LogP contribution in [0.1, 0.15) is 264 Å². The van der Waals surface area contributed by atoms with E-state index in [1.807, 2.05) is 6.92 Å². The number of aryl methyl sites for hydroxylation is 2. The number of nitrogens with zero attached hydrogens (tertiary/aromatic N) is 4. The highest BCUT2D eigenvalue weighted by Crippen LogP contribution is 2.52. The summed E-state index contributed by atoms with van der Waals surface area (Å²) in [5, 5.41) is 20.4. The lowest BCUT2D eigenvalue weighted by molar-refractivity contribution is -0.125. The maximum Gasteiger partial charge on any atom is 0.261 e. The summed E-state index contributed by atoms with van der Waals surface area (Å²) < 4.78 is 0. The molecule has 0 saturated carbocycles. The van der Waals surface area contributed by atoms with Gasteiger partial charge in [0.25, 0.3) is 11.8 Å². The van der Waals surface area contributed by atoms with Crippen LogP contribution in [0, 0.1) is 36.5 Å². The number of hydrogen-bond donors (Lipinski definition) is 0. The lowest BCUT2D eigenvalue weighted by Crippen LogP contribution is -2.39. The summed E-state index contributed by atoms with van der Waals surface area (Å²) in [4.78, 5) is 41.7. The van der Waals surface area contributed by atoms with Gasteiger partial charge in [0.05, 0.1) is 48.3 Å². The summed E-state index contributed by atoms with van der Waals surface area (Å²) in [6.07, 6.45) is 37.8. The van der Waals surface area contributed by atoms with Crippen LogP contribution in [0.3, 0.4) is 0 Å². The highest BCUT2D eigenvalue weighted by atomic mass is 32.1. The van der Waals surface area contributed by atoms with Gasteiger partial charge in [-0.3, -0.25) is 9.59 Å². The van der Waals surface area contributed by atoms with Gasteiger partial charge in [-0.1, -0.05) is 207 Å². The van der Waals surface area contributed by atoms with E-state index < -0.39 is 0 Å². The number of fused-ring (bicyclic) bond motifs is 1. The highest BCUT2D eigenvalue weighted by Gasteiger charge is 2.52. The van der Waals surface area contributed by atoms with Crippen molar-refractivity contribution in [2.75, 3.05) is 0 Å². The van der Waals surface area contributed by atoms with Crippen LogP contribution < -0.4 is 0 Å². The molecule has 2 atom stereocenters. The zero-order valence-corrected chi connectivity index (χ0v) is 46.4. The smallest absolute Gasteiger partial charge is 0.261 e. The van der Waals surface area contributed by atoms with Crippen LogP contribution in [-0.4, -0.2) is 33.7 Å². The average molecular weight is 994 g/mol. The monoisotopic (exact) mass is 993 g/mol. The molecule has 0 bridgehead atoms. The molecule has 0 N–H and O–H groups in total. The normalized spacial score (nSPS) is 14.7. The Labute approximate surface area is 431 Å². The molecule has 0 spiro atoms. The van der Waals surface area contributed by atoms with Crippen molar-refractivity contribution >= 4 is 57.2 Å². The first kappa shape index (κ1) is 56.4. The van der Waals surface area contributed by atoms with Crippen molar-refractivity contribution in [1.29, 1.82) is 10.5 Å². The first-order chi connectivity index (χ1) is 33.8. The number of hydrogen-bond acceptors (Lipinski definition) is 7. The lowest BCUT2D eigenvalue weighted by atomic mass is 9.97. The predicted molar refractivity (Wildman–Crippen MR) is 296 cm³/mol. The molecule has 378 valence electrons. The standard InChI is InChI=1S/C60H88N4O2S3/c1-7-11-15-19-23-25-29-33-37-47(35-31-27-21-17-13-9-3)63-56(51-40-39-45(5)67-51)54-55(60(63)66)57(52-41-42-53(69-52)58-50(44-62)49(43-61)46(6)68-58)64(59(54)65)48(36-32-28-22-18-14-10-4)38-34-30-26-24-20-16-12-8-2/h39-42,47-48H,7-38H2,1-6H3. The molecular weight excluding hydrogens is 905 g/mol. The summed E-state index contributed by atoms with van der Waals surface area (Å²) in [7, 11) is 0. The van der Waals surface area contributed by atoms with E-state index >= 15 is 9.59 Å². The molecule has 0 radical (unpaired) electrons. The Morgan fingerprint density at radius 2 is 0.768 bits per heavy atom. The molecule has 0 saturated heterocycles. The van der Waals surface area contributed by atoms with Crippen molar-refractivity contribution < 1.29 is 9.59 Å². The molecule has 2 aliphatic heterocycles. The molecule has 2 amide bonds. The van der Waals surface area contributed by atoms with E-state index in [2.05, 4.69) is 80.8 Å². The largest absolute Gasteiger partial charge is 0.303 e. The molecule has 0 fully saturated rings. The molecule has 0 aliphatic carbocycles. The zero-order valence-electron chi connectivity index (χ0n) is 43.9. The van der Waals surface area contributed by atoms with E-state index in [4.69, 9.17) is 0 Å². The maximum absolute atomic E-state index is 15.9. The number of carbonyl (C=O) groups excluding carboxylic acids is 2. The van der Waals surface area contributed by atoms with Gasteiger partial charge in [0, 0.05) is 26.7 Å². The third-order valence-corrected chi connectivity index (χ3v) is 18.1. The van der Waals surface area contributed by atoms with Crippen molar-refractivity contribution in [3.05, 3.63) is 66.0 Å². The van der Waals surface area contributed by atoms with E-state index in [1.54, 1.807) is 22.7 Å². The van der Waals surface area contributed by atoms with Gasteiger partial charge in [-0.05, 0) is 63.8 Å². The lowest BCUT2D eigenvalue weighted by Gasteiger charge is -2.34.